The van der Waals surface area contributed by atoms with E-state index in [2.05, 4.69) is 10.4 Å². The van der Waals surface area contributed by atoms with Gasteiger partial charge in [0.2, 0.25) is 0 Å². The number of aromatic nitrogens is 2. The summed E-state index contributed by atoms with van der Waals surface area (Å²) in [5.74, 6) is 0.454. The molecule has 1 heterocycles. The van der Waals surface area contributed by atoms with E-state index in [0.29, 0.717) is 40.2 Å². The van der Waals surface area contributed by atoms with Crippen LogP contribution in [0.4, 0.5) is 5.69 Å². The molecule has 0 aliphatic heterocycles. The number of hydrogen-bond donors (Lipinski definition) is 1. The quantitative estimate of drug-likeness (QED) is 0.370. The Bertz CT molecular complexity index is 1210. The van der Waals surface area contributed by atoms with Crippen molar-refractivity contribution in [2.24, 2.45) is 0 Å². The number of nitrogens with zero attached hydrogens (tertiary/aromatic N) is 2. The molecule has 0 aliphatic carbocycles. The summed E-state index contributed by atoms with van der Waals surface area (Å²) in [5.41, 5.74) is 2.98. The van der Waals surface area contributed by atoms with Crippen molar-refractivity contribution in [3.05, 3.63) is 112 Å². The second kappa shape index (κ2) is 9.69. The summed E-state index contributed by atoms with van der Waals surface area (Å²) < 4.78 is 7.48. The lowest BCUT2D eigenvalue weighted by Gasteiger charge is -2.08. The summed E-state index contributed by atoms with van der Waals surface area (Å²) in [6.45, 7) is 0.850. The van der Waals surface area contributed by atoms with Gasteiger partial charge in [0.1, 0.15) is 12.4 Å². The number of carbonyl (C=O) groups is 1. The second-order valence-corrected chi connectivity index (χ2v) is 7.76. The van der Waals surface area contributed by atoms with Crippen molar-refractivity contribution in [2.75, 3.05) is 5.32 Å². The standard InChI is InChI=1S/C24H19Cl2N3O2/c25-20-8-4-9-22(12-20)31-16-17-5-3-7-18(11-17)24(30)28-21-13-27-29(15-21)14-19-6-1-2-10-23(19)26/h1-13,15H,14,16H2,(H,28,30). The number of anilines is 1. The molecule has 3 aromatic carbocycles. The Morgan fingerprint density at radius 3 is 2.68 bits per heavy atom. The van der Waals surface area contributed by atoms with Gasteiger partial charge in [-0.15, -0.1) is 0 Å². The summed E-state index contributed by atoms with van der Waals surface area (Å²) in [6, 6.07) is 22.1. The maximum Gasteiger partial charge on any atom is 0.255 e. The number of carbonyl (C=O) groups excluding carboxylic acids is 1. The van der Waals surface area contributed by atoms with Crippen LogP contribution in [-0.4, -0.2) is 15.7 Å². The van der Waals surface area contributed by atoms with Gasteiger partial charge in [-0.3, -0.25) is 9.48 Å². The zero-order valence-electron chi connectivity index (χ0n) is 16.5. The second-order valence-electron chi connectivity index (χ2n) is 6.92. The monoisotopic (exact) mass is 451 g/mol. The van der Waals surface area contributed by atoms with Crippen molar-refractivity contribution in [3.8, 4) is 5.75 Å². The van der Waals surface area contributed by atoms with Crippen molar-refractivity contribution in [3.63, 3.8) is 0 Å². The molecular weight excluding hydrogens is 433 g/mol. The Kier molecular flexibility index (Phi) is 6.55. The van der Waals surface area contributed by atoms with Gasteiger partial charge in [0, 0.05) is 21.8 Å². The van der Waals surface area contributed by atoms with Crippen molar-refractivity contribution in [1.82, 2.24) is 9.78 Å². The number of benzene rings is 3. The van der Waals surface area contributed by atoms with Crippen LogP contribution in [0, 0.1) is 0 Å². The van der Waals surface area contributed by atoms with Crippen LogP contribution >= 0.6 is 23.2 Å². The molecule has 0 atom stereocenters. The van der Waals surface area contributed by atoms with Crippen molar-refractivity contribution < 1.29 is 9.53 Å². The number of ether oxygens (including phenoxy) is 1. The normalized spacial score (nSPS) is 10.6. The third kappa shape index (κ3) is 5.66. The van der Waals surface area contributed by atoms with Crippen LogP contribution in [0.1, 0.15) is 21.5 Å². The Balaban J connectivity index is 1.38. The van der Waals surface area contributed by atoms with Crippen LogP contribution < -0.4 is 10.1 Å². The molecule has 0 unspecified atom stereocenters. The third-order valence-corrected chi connectivity index (χ3v) is 5.18. The highest BCUT2D eigenvalue weighted by molar-refractivity contribution is 6.31. The van der Waals surface area contributed by atoms with E-state index in [1.54, 1.807) is 41.3 Å². The molecule has 4 aromatic rings. The average molecular weight is 452 g/mol. The van der Waals surface area contributed by atoms with Crippen LogP contribution in [0.3, 0.4) is 0 Å². The summed E-state index contributed by atoms with van der Waals surface area (Å²) >= 11 is 12.2. The molecule has 0 saturated carbocycles. The maximum atomic E-state index is 12.7. The minimum Gasteiger partial charge on any atom is -0.489 e. The summed E-state index contributed by atoms with van der Waals surface area (Å²) in [7, 11) is 0. The highest BCUT2D eigenvalue weighted by Gasteiger charge is 2.10. The van der Waals surface area contributed by atoms with Crippen LogP contribution in [0.25, 0.3) is 0 Å². The van der Waals surface area contributed by atoms with Gasteiger partial charge in [0.25, 0.3) is 5.91 Å². The van der Waals surface area contributed by atoms with Gasteiger partial charge in [-0.25, -0.2) is 0 Å². The molecule has 156 valence electrons. The van der Waals surface area contributed by atoms with Crippen molar-refractivity contribution in [1.29, 1.82) is 0 Å². The van der Waals surface area contributed by atoms with Gasteiger partial charge in [0.15, 0.2) is 0 Å². The average Bonchev–Trinajstić information content (AvgIpc) is 3.21. The number of nitrogens with one attached hydrogen (secondary N) is 1. The molecule has 0 spiro atoms. The van der Waals surface area contributed by atoms with E-state index in [1.807, 2.05) is 48.5 Å². The predicted octanol–water partition coefficient (Wildman–Crippen LogP) is 6.07. The molecule has 0 fully saturated rings. The maximum absolute atomic E-state index is 12.7. The fourth-order valence-electron chi connectivity index (χ4n) is 3.04. The van der Waals surface area contributed by atoms with E-state index in [4.69, 9.17) is 27.9 Å². The highest BCUT2D eigenvalue weighted by Crippen LogP contribution is 2.19. The van der Waals surface area contributed by atoms with Gasteiger partial charge in [-0.05, 0) is 47.5 Å². The van der Waals surface area contributed by atoms with E-state index < -0.39 is 0 Å². The number of rotatable bonds is 7. The number of amides is 1. The van der Waals surface area contributed by atoms with Crippen LogP contribution in [0.5, 0.6) is 5.75 Å². The molecule has 31 heavy (non-hydrogen) atoms. The molecule has 1 aromatic heterocycles. The zero-order valence-corrected chi connectivity index (χ0v) is 18.0. The van der Waals surface area contributed by atoms with Crippen LogP contribution in [0.2, 0.25) is 10.0 Å². The smallest absolute Gasteiger partial charge is 0.255 e. The first-order valence-corrected chi connectivity index (χ1v) is 10.4. The lowest BCUT2D eigenvalue weighted by molar-refractivity contribution is 0.102. The summed E-state index contributed by atoms with van der Waals surface area (Å²) in [6.07, 6.45) is 3.38. The lowest BCUT2D eigenvalue weighted by atomic mass is 10.1. The minimum absolute atomic E-state index is 0.220. The lowest BCUT2D eigenvalue weighted by Crippen LogP contribution is -2.12. The van der Waals surface area contributed by atoms with Gasteiger partial charge in [-0.1, -0.05) is 59.6 Å². The Labute approximate surface area is 190 Å². The summed E-state index contributed by atoms with van der Waals surface area (Å²) in [5, 5.41) is 8.47. The fourth-order valence-corrected chi connectivity index (χ4v) is 3.42. The third-order valence-electron chi connectivity index (χ3n) is 4.57. The van der Waals surface area contributed by atoms with Gasteiger partial charge in [0.05, 0.1) is 18.4 Å². The molecule has 0 bridgehead atoms. The molecule has 7 heteroatoms. The van der Waals surface area contributed by atoms with Crippen LogP contribution in [0.15, 0.2) is 85.2 Å². The zero-order chi connectivity index (χ0) is 21.6. The van der Waals surface area contributed by atoms with Crippen molar-refractivity contribution in [2.45, 2.75) is 13.2 Å². The Hall–Kier alpha value is -3.28. The SMILES string of the molecule is O=C(Nc1cnn(Cc2ccccc2Cl)c1)c1cccc(COc2cccc(Cl)c2)c1. The minimum atomic E-state index is -0.220. The number of halogens is 2. The Morgan fingerprint density at radius 2 is 1.84 bits per heavy atom. The van der Waals surface area contributed by atoms with E-state index in [0.717, 1.165) is 11.1 Å². The number of hydrogen-bond acceptors (Lipinski definition) is 3. The predicted molar refractivity (Wildman–Crippen MR) is 123 cm³/mol. The summed E-state index contributed by atoms with van der Waals surface area (Å²) in [4.78, 5) is 12.7. The molecule has 0 radical (unpaired) electrons. The molecule has 5 nitrogen and oxygen atoms in total. The van der Waals surface area contributed by atoms with Gasteiger partial charge < -0.3 is 10.1 Å². The van der Waals surface area contributed by atoms with E-state index in [1.165, 1.54) is 0 Å². The topological polar surface area (TPSA) is 56.2 Å². The van der Waals surface area contributed by atoms with Gasteiger partial charge >= 0.3 is 0 Å². The van der Waals surface area contributed by atoms with E-state index in [9.17, 15) is 4.79 Å². The first kappa shape index (κ1) is 21.0. The Morgan fingerprint density at radius 1 is 1.00 bits per heavy atom. The first-order chi connectivity index (χ1) is 15.1. The van der Waals surface area contributed by atoms with E-state index >= 15 is 0 Å². The van der Waals surface area contributed by atoms with Crippen LogP contribution in [-0.2, 0) is 13.2 Å². The molecule has 0 saturated heterocycles. The highest BCUT2D eigenvalue weighted by atomic mass is 35.5. The molecule has 4 rings (SSSR count). The van der Waals surface area contributed by atoms with Crippen molar-refractivity contribution >= 4 is 34.8 Å². The van der Waals surface area contributed by atoms with E-state index in [-0.39, 0.29) is 5.91 Å². The first-order valence-electron chi connectivity index (χ1n) is 9.61. The molecule has 1 N–H and O–H groups in total. The fraction of sp³-hybridized carbons (Fsp3) is 0.0833. The molecule has 1 amide bonds. The molecular formula is C24H19Cl2N3O2. The van der Waals surface area contributed by atoms with Gasteiger partial charge in [-0.2, -0.15) is 5.10 Å². The largest absolute Gasteiger partial charge is 0.489 e. The molecule has 0 aliphatic rings.